The third-order valence-electron chi connectivity index (χ3n) is 3.41. The number of amides is 1. The second-order valence-corrected chi connectivity index (χ2v) is 4.68. The highest BCUT2D eigenvalue weighted by Crippen LogP contribution is 2.39. The molecule has 4 nitrogen and oxygen atoms in total. The summed E-state index contributed by atoms with van der Waals surface area (Å²) in [5.41, 5.74) is -3.61. The highest BCUT2D eigenvalue weighted by atomic mass is 19.4. The molecule has 1 rings (SSSR count). The normalized spacial score (nSPS) is 14.4. The number of alkyl halides is 3. The van der Waals surface area contributed by atoms with Crippen LogP contribution in [0.25, 0.3) is 0 Å². The number of hydrogen-bond acceptors (Lipinski definition) is 2. The first kappa shape index (κ1) is 17.0. The first-order valence-corrected chi connectivity index (χ1v) is 6.25. The number of halogens is 3. The van der Waals surface area contributed by atoms with Crippen LogP contribution in [0.15, 0.2) is 24.3 Å². The number of carboxylic acids is 1. The number of carbonyl (C=O) groups is 2. The second kappa shape index (κ2) is 5.75. The van der Waals surface area contributed by atoms with Crippen LogP contribution in [0.5, 0.6) is 0 Å². The van der Waals surface area contributed by atoms with Crippen LogP contribution in [0.2, 0.25) is 0 Å². The van der Waals surface area contributed by atoms with Crippen molar-refractivity contribution in [3.63, 3.8) is 0 Å². The van der Waals surface area contributed by atoms with Gasteiger partial charge in [0.25, 0.3) is 0 Å². The number of rotatable bonds is 4. The van der Waals surface area contributed by atoms with Gasteiger partial charge in [-0.2, -0.15) is 13.2 Å². The van der Waals surface area contributed by atoms with E-state index in [1.807, 2.05) is 0 Å². The Morgan fingerprint density at radius 2 is 1.67 bits per heavy atom. The fourth-order valence-electron chi connectivity index (χ4n) is 2.38. The van der Waals surface area contributed by atoms with E-state index < -0.39 is 34.7 Å². The molecule has 0 aromatic heterocycles. The third kappa shape index (κ3) is 3.01. The van der Waals surface area contributed by atoms with Crippen molar-refractivity contribution in [3.05, 3.63) is 35.4 Å². The Bertz CT molecular complexity index is 557. The minimum absolute atomic E-state index is 0.0235. The summed E-state index contributed by atoms with van der Waals surface area (Å²) < 4.78 is 39.3. The zero-order valence-corrected chi connectivity index (χ0v) is 11.9. The Balaban J connectivity index is 3.65. The molecule has 0 fully saturated rings. The number of carboxylic acid groups (broad SMARTS) is 1. The zero-order chi connectivity index (χ0) is 16.4. The van der Waals surface area contributed by atoms with Crippen molar-refractivity contribution in [2.45, 2.75) is 32.5 Å². The van der Waals surface area contributed by atoms with Gasteiger partial charge in [0.05, 0.1) is 5.56 Å². The molecule has 0 saturated heterocycles. The fraction of sp³-hybridized carbons (Fsp3) is 0.429. The van der Waals surface area contributed by atoms with Crippen molar-refractivity contribution < 1.29 is 27.9 Å². The van der Waals surface area contributed by atoms with Gasteiger partial charge in [0, 0.05) is 19.0 Å². The standard InChI is InChI=1S/C14H16F3NO3/c1-4-18(9(2)19)13(3,12(20)21)10-7-5-6-8-11(10)14(15,16)17/h5-8H,4H2,1-3H3,(H,20,21). The quantitative estimate of drug-likeness (QED) is 0.930. The number of aliphatic carboxylic acids is 1. The summed E-state index contributed by atoms with van der Waals surface area (Å²) in [5, 5.41) is 9.47. The lowest BCUT2D eigenvalue weighted by Gasteiger charge is -2.38. The topological polar surface area (TPSA) is 57.6 Å². The molecule has 116 valence electrons. The number of likely N-dealkylation sites (N-methyl/N-ethyl adjacent to an activating group) is 1. The molecule has 1 atom stereocenters. The maximum absolute atomic E-state index is 13.1. The lowest BCUT2D eigenvalue weighted by molar-refractivity contribution is -0.160. The molecule has 0 bridgehead atoms. The molecule has 0 aliphatic heterocycles. The van der Waals surface area contributed by atoms with E-state index in [0.29, 0.717) is 0 Å². The van der Waals surface area contributed by atoms with E-state index in [-0.39, 0.29) is 6.54 Å². The number of benzene rings is 1. The first-order chi connectivity index (χ1) is 9.56. The van der Waals surface area contributed by atoms with Crippen LogP contribution in [0, 0.1) is 0 Å². The average molecular weight is 303 g/mol. The van der Waals surface area contributed by atoms with E-state index in [1.54, 1.807) is 0 Å². The van der Waals surface area contributed by atoms with Gasteiger partial charge in [-0.1, -0.05) is 18.2 Å². The first-order valence-electron chi connectivity index (χ1n) is 6.25. The van der Waals surface area contributed by atoms with Crippen LogP contribution < -0.4 is 0 Å². The molecule has 0 aliphatic carbocycles. The molecule has 21 heavy (non-hydrogen) atoms. The SMILES string of the molecule is CCN(C(C)=O)C(C)(C(=O)O)c1ccccc1C(F)(F)F. The van der Waals surface area contributed by atoms with E-state index in [9.17, 15) is 27.9 Å². The van der Waals surface area contributed by atoms with Gasteiger partial charge in [-0.25, -0.2) is 4.79 Å². The van der Waals surface area contributed by atoms with Crippen molar-refractivity contribution >= 4 is 11.9 Å². The maximum Gasteiger partial charge on any atom is 0.416 e. The smallest absolute Gasteiger partial charge is 0.416 e. The second-order valence-electron chi connectivity index (χ2n) is 4.68. The Labute approximate surface area is 120 Å². The highest BCUT2D eigenvalue weighted by molar-refractivity contribution is 5.87. The lowest BCUT2D eigenvalue weighted by Crippen LogP contribution is -2.52. The molecular formula is C14H16F3NO3. The summed E-state index contributed by atoms with van der Waals surface area (Å²) in [5.74, 6) is -2.13. The van der Waals surface area contributed by atoms with E-state index in [2.05, 4.69) is 0 Å². The van der Waals surface area contributed by atoms with Crippen molar-refractivity contribution in [3.8, 4) is 0 Å². The van der Waals surface area contributed by atoms with E-state index in [1.165, 1.54) is 19.1 Å². The van der Waals surface area contributed by atoms with Crippen molar-refractivity contribution in [2.75, 3.05) is 6.54 Å². The Morgan fingerprint density at radius 3 is 2.00 bits per heavy atom. The predicted octanol–water partition coefficient (Wildman–Crippen LogP) is 2.87. The van der Waals surface area contributed by atoms with Crippen molar-refractivity contribution in [1.29, 1.82) is 0 Å². The zero-order valence-electron chi connectivity index (χ0n) is 11.9. The van der Waals surface area contributed by atoms with Crippen LogP contribution in [-0.2, 0) is 21.3 Å². The summed E-state index contributed by atoms with van der Waals surface area (Å²) >= 11 is 0. The molecule has 0 heterocycles. The summed E-state index contributed by atoms with van der Waals surface area (Å²) in [6, 6.07) is 4.39. The van der Waals surface area contributed by atoms with Gasteiger partial charge in [-0.15, -0.1) is 0 Å². The Hall–Kier alpha value is -2.05. The molecule has 1 aromatic rings. The van der Waals surface area contributed by atoms with Gasteiger partial charge >= 0.3 is 12.1 Å². The molecule has 1 N–H and O–H groups in total. The monoisotopic (exact) mass is 303 g/mol. The third-order valence-corrected chi connectivity index (χ3v) is 3.41. The number of nitrogens with zero attached hydrogens (tertiary/aromatic N) is 1. The van der Waals surface area contributed by atoms with Gasteiger partial charge in [-0.05, 0) is 19.9 Å². The molecular weight excluding hydrogens is 287 g/mol. The van der Waals surface area contributed by atoms with Crippen molar-refractivity contribution in [2.24, 2.45) is 0 Å². The van der Waals surface area contributed by atoms with Gasteiger partial charge < -0.3 is 10.0 Å². The molecule has 0 saturated carbocycles. The molecule has 1 amide bonds. The summed E-state index contributed by atoms with van der Waals surface area (Å²) in [4.78, 5) is 24.2. The number of hydrogen-bond donors (Lipinski definition) is 1. The molecule has 1 unspecified atom stereocenters. The Kier molecular flexibility index (Phi) is 4.65. The minimum atomic E-state index is -4.70. The van der Waals surface area contributed by atoms with Gasteiger partial charge in [0.15, 0.2) is 5.54 Å². The largest absolute Gasteiger partial charge is 0.479 e. The van der Waals surface area contributed by atoms with E-state index in [4.69, 9.17) is 0 Å². The molecule has 0 radical (unpaired) electrons. The van der Waals surface area contributed by atoms with Crippen molar-refractivity contribution in [1.82, 2.24) is 4.90 Å². The van der Waals surface area contributed by atoms with Crippen LogP contribution in [-0.4, -0.2) is 28.4 Å². The van der Waals surface area contributed by atoms with E-state index in [0.717, 1.165) is 30.9 Å². The van der Waals surface area contributed by atoms with Crippen LogP contribution in [0.1, 0.15) is 31.9 Å². The van der Waals surface area contributed by atoms with Gasteiger partial charge in [-0.3, -0.25) is 4.79 Å². The van der Waals surface area contributed by atoms with Gasteiger partial charge in [0.2, 0.25) is 5.91 Å². The molecule has 7 heteroatoms. The fourth-order valence-corrected chi connectivity index (χ4v) is 2.38. The Morgan fingerprint density at radius 1 is 1.19 bits per heavy atom. The predicted molar refractivity (Wildman–Crippen MR) is 69.5 cm³/mol. The van der Waals surface area contributed by atoms with Crippen LogP contribution >= 0.6 is 0 Å². The van der Waals surface area contributed by atoms with Gasteiger partial charge in [0.1, 0.15) is 0 Å². The number of carbonyl (C=O) groups excluding carboxylic acids is 1. The lowest BCUT2D eigenvalue weighted by atomic mass is 9.86. The summed E-state index contributed by atoms with van der Waals surface area (Å²) in [6.07, 6.45) is -4.70. The molecule has 0 spiro atoms. The average Bonchev–Trinajstić information content (AvgIpc) is 2.37. The highest BCUT2D eigenvalue weighted by Gasteiger charge is 2.47. The van der Waals surface area contributed by atoms with Crippen LogP contribution in [0.3, 0.4) is 0 Å². The summed E-state index contributed by atoms with van der Waals surface area (Å²) in [7, 11) is 0. The van der Waals surface area contributed by atoms with E-state index >= 15 is 0 Å². The molecule has 1 aromatic carbocycles. The maximum atomic E-state index is 13.1. The molecule has 0 aliphatic rings. The van der Waals surface area contributed by atoms with Crippen LogP contribution in [0.4, 0.5) is 13.2 Å². The minimum Gasteiger partial charge on any atom is -0.479 e. The summed E-state index contributed by atoms with van der Waals surface area (Å²) in [6.45, 7) is 3.72.